The zero-order valence-electron chi connectivity index (χ0n) is 18.1. The van der Waals surface area contributed by atoms with Crippen LogP contribution in [0.25, 0.3) is 0 Å². The van der Waals surface area contributed by atoms with Crippen LogP contribution < -0.4 is 10.2 Å². The number of hydrogen-bond acceptors (Lipinski definition) is 6. The van der Waals surface area contributed by atoms with E-state index in [4.69, 9.17) is 0 Å². The number of benzene rings is 1. The van der Waals surface area contributed by atoms with E-state index in [9.17, 15) is 9.90 Å². The summed E-state index contributed by atoms with van der Waals surface area (Å²) in [5.41, 5.74) is 0.855. The van der Waals surface area contributed by atoms with Crippen LogP contribution >= 0.6 is 0 Å². The molecule has 0 saturated carbocycles. The Morgan fingerprint density at radius 1 is 1.32 bits per heavy atom. The van der Waals surface area contributed by atoms with Crippen LogP contribution in [0.5, 0.6) is 0 Å². The highest BCUT2D eigenvalue weighted by Crippen LogP contribution is 2.21. The lowest BCUT2D eigenvalue weighted by Gasteiger charge is -2.22. The topological polar surface area (TPSA) is 81.6 Å². The summed E-state index contributed by atoms with van der Waals surface area (Å²) >= 11 is 0. The SMILES string of the molecule is C=C(CCN(CCC)c1ncccn1)Nc1cccc(C#C[C@]2(O)CCN(C)C2=O)c1. The summed E-state index contributed by atoms with van der Waals surface area (Å²) in [7, 11) is 1.67. The Labute approximate surface area is 183 Å². The summed E-state index contributed by atoms with van der Waals surface area (Å²) in [6.45, 7) is 8.41. The minimum absolute atomic E-state index is 0.323. The van der Waals surface area contributed by atoms with E-state index in [1.54, 1.807) is 19.4 Å². The molecule has 3 rings (SSSR count). The standard InChI is InChI=1S/C24H29N5O2/c1-4-15-29(23-25-13-6-14-26-23)16-10-19(2)27-21-8-5-7-20(18-21)9-11-24(31)12-17-28(3)22(24)30/h5-8,13-14,18,27,31H,2,4,10,12,15-17H2,1,3H3/t24-/m0/s1. The molecular formula is C24H29N5O2. The van der Waals surface area contributed by atoms with Gasteiger partial charge in [0.1, 0.15) is 0 Å². The Morgan fingerprint density at radius 3 is 2.77 bits per heavy atom. The first-order valence-corrected chi connectivity index (χ1v) is 10.5. The highest BCUT2D eigenvalue weighted by molar-refractivity contribution is 5.90. The number of anilines is 2. The second-order valence-corrected chi connectivity index (χ2v) is 7.68. The van der Waals surface area contributed by atoms with E-state index in [1.807, 2.05) is 30.3 Å². The summed E-state index contributed by atoms with van der Waals surface area (Å²) in [6, 6.07) is 9.36. The number of rotatable bonds is 8. The fourth-order valence-corrected chi connectivity index (χ4v) is 3.39. The predicted molar refractivity (Wildman–Crippen MR) is 122 cm³/mol. The highest BCUT2D eigenvalue weighted by Gasteiger charge is 2.42. The average Bonchev–Trinajstić information content (AvgIpc) is 3.04. The summed E-state index contributed by atoms with van der Waals surface area (Å²) in [6.07, 6.45) is 5.55. The van der Waals surface area contributed by atoms with Crippen molar-refractivity contribution in [2.75, 3.05) is 36.9 Å². The monoisotopic (exact) mass is 419 g/mol. The number of carbonyl (C=O) groups is 1. The fourth-order valence-electron chi connectivity index (χ4n) is 3.39. The molecule has 162 valence electrons. The van der Waals surface area contributed by atoms with Crippen molar-refractivity contribution in [3.63, 3.8) is 0 Å². The molecule has 0 spiro atoms. The smallest absolute Gasteiger partial charge is 0.267 e. The predicted octanol–water partition coefficient (Wildman–Crippen LogP) is 2.65. The van der Waals surface area contributed by atoms with Crippen LogP contribution in [0.2, 0.25) is 0 Å². The van der Waals surface area contributed by atoms with Crippen LogP contribution in [0.15, 0.2) is 55.0 Å². The molecule has 1 amide bonds. The highest BCUT2D eigenvalue weighted by atomic mass is 16.3. The third-order valence-electron chi connectivity index (χ3n) is 5.12. The largest absolute Gasteiger partial charge is 0.369 e. The third kappa shape index (κ3) is 5.83. The van der Waals surface area contributed by atoms with Gasteiger partial charge < -0.3 is 20.2 Å². The lowest BCUT2D eigenvalue weighted by Crippen LogP contribution is -2.37. The van der Waals surface area contributed by atoms with Crippen LogP contribution in [0.4, 0.5) is 11.6 Å². The Bertz CT molecular complexity index is 982. The molecule has 0 unspecified atom stereocenters. The Kier molecular flexibility index (Phi) is 7.27. The van der Waals surface area contributed by atoms with Gasteiger partial charge in [-0.25, -0.2) is 9.97 Å². The quantitative estimate of drug-likeness (QED) is 0.641. The molecule has 7 heteroatoms. The molecule has 1 fully saturated rings. The Balaban J connectivity index is 1.60. The van der Waals surface area contributed by atoms with Gasteiger partial charge in [0.15, 0.2) is 0 Å². The van der Waals surface area contributed by atoms with Crippen LogP contribution in [-0.4, -0.2) is 58.2 Å². The first kappa shape index (κ1) is 22.3. The number of carbonyl (C=O) groups excluding carboxylic acids is 1. The molecule has 1 atom stereocenters. The zero-order valence-corrected chi connectivity index (χ0v) is 18.1. The molecule has 7 nitrogen and oxygen atoms in total. The maximum absolute atomic E-state index is 12.1. The molecule has 31 heavy (non-hydrogen) atoms. The van der Waals surface area contributed by atoms with Gasteiger partial charge in [0.25, 0.3) is 5.91 Å². The summed E-state index contributed by atoms with van der Waals surface area (Å²) in [5.74, 6) is 6.07. The molecule has 2 N–H and O–H groups in total. The first-order chi connectivity index (χ1) is 14.9. The molecule has 1 aliphatic rings. The average molecular weight is 420 g/mol. The van der Waals surface area contributed by atoms with Gasteiger partial charge in [-0.3, -0.25) is 4.79 Å². The van der Waals surface area contributed by atoms with Gasteiger partial charge in [0.05, 0.1) is 0 Å². The van der Waals surface area contributed by atoms with E-state index in [-0.39, 0.29) is 5.91 Å². The van der Waals surface area contributed by atoms with Crippen molar-refractivity contribution in [1.29, 1.82) is 0 Å². The van der Waals surface area contributed by atoms with Gasteiger partial charge in [-0.15, -0.1) is 0 Å². The van der Waals surface area contributed by atoms with Crippen LogP contribution in [0.1, 0.15) is 31.7 Å². The summed E-state index contributed by atoms with van der Waals surface area (Å²) in [5, 5.41) is 13.8. The van der Waals surface area contributed by atoms with Crippen LogP contribution in [-0.2, 0) is 4.79 Å². The fraction of sp³-hybridized carbons (Fsp3) is 0.375. The van der Waals surface area contributed by atoms with E-state index in [0.29, 0.717) is 13.0 Å². The van der Waals surface area contributed by atoms with Crippen molar-refractivity contribution in [2.24, 2.45) is 0 Å². The van der Waals surface area contributed by atoms with E-state index in [2.05, 4.69) is 45.5 Å². The molecule has 2 heterocycles. The minimum atomic E-state index is -1.59. The van der Waals surface area contributed by atoms with Crippen LogP contribution in [0, 0.1) is 11.8 Å². The normalized spacial score (nSPS) is 17.8. The number of hydrogen-bond donors (Lipinski definition) is 2. The molecule has 0 aliphatic carbocycles. The number of nitrogens with zero attached hydrogens (tertiary/aromatic N) is 4. The Morgan fingerprint density at radius 2 is 2.10 bits per heavy atom. The number of amides is 1. The second kappa shape index (κ2) is 10.1. The zero-order chi connectivity index (χ0) is 22.3. The summed E-state index contributed by atoms with van der Waals surface area (Å²) < 4.78 is 0. The second-order valence-electron chi connectivity index (χ2n) is 7.68. The molecule has 0 bridgehead atoms. The van der Waals surface area contributed by atoms with Crippen molar-refractivity contribution in [1.82, 2.24) is 14.9 Å². The molecule has 1 aliphatic heterocycles. The van der Waals surface area contributed by atoms with Crippen molar-refractivity contribution >= 4 is 17.5 Å². The van der Waals surface area contributed by atoms with Gasteiger partial charge in [0.2, 0.25) is 11.5 Å². The van der Waals surface area contributed by atoms with Gasteiger partial charge in [-0.1, -0.05) is 31.4 Å². The van der Waals surface area contributed by atoms with Gasteiger partial charge in [-0.2, -0.15) is 0 Å². The molecular weight excluding hydrogens is 390 g/mol. The Hall–Kier alpha value is -3.37. The number of likely N-dealkylation sites (tertiary alicyclic amines) is 1. The van der Waals surface area contributed by atoms with E-state index < -0.39 is 5.60 Å². The minimum Gasteiger partial charge on any atom is -0.369 e. The van der Waals surface area contributed by atoms with E-state index >= 15 is 0 Å². The van der Waals surface area contributed by atoms with Gasteiger partial charge in [-0.05, 0) is 30.7 Å². The maximum Gasteiger partial charge on any atom is 0.267 e. The van der Waals surface area contributed by atoms with Crippen molar-refractivity contribution in [3.8, 4) is 11.8 Å². The molecule has 0 radical (unpaired) electrons. The lowest BCUT2D eigenvalue weighted by molar-refractivity contribution is -0.137. The number of aliphatic hydroxyl groups is 1. The van der Waals surface area contributed by atoms with Crippen LogP contribution in [0.3, 0.4) is 0 Å². The first-order valence-electron chi connectivity index (χ1n) is 10.5. The summed E-state index contributed by atoms with van der Waals surface area (Å²) in [4.78, 5) is 24.4. The molecule has 1 saturated heterocycles. The van der Waals surface area contributed by atoms with Crippen molar-refractivity contribution in [2.45, 2.75) is 31.8 Å². The maximum atomic E-state index is 12.1. The molecule has 1 aromatic heterocycles. The van der Waals surface area contributed by atoms with Gasteiger partial charge >= 0.3 is 0 Å². The van der Waals surface area contributed by atoms with E-state index in [0.717, 1.165) is 48.8 Å². The van der Waals surface area contributed by atoms with Crippen molar-refractivity contribution in [3.05, 3.63) is 60.6 Å². The van der Waals surface area contributed by atoms with Crippen molar-refractivity contribution < 1.29 is 9.90 Å². The van der Waals surface area contributed by atoms with E-state index in [1.165, 1.54) is 4.90 Å². The number of nitrogens with one attached hydrogen (secondary N) is 1. The molecule has 1 aromatic carbocycles. The number of aromatic nitrogens is 2. The third-order valence-corrected chi connectivity index (χ3v) is 5.12. The number of likely N-dealkylation sites (N-methyl/N-ethyl adjacent to an activating group) is 1. The lowest BCUT2D eigenvalue weighted by atomic mass is 10.0. The van der Waals surface area contributed by atoms with Gasteiger partial charge in [0, 0.05) is 68.9 Å². The molecule has 2 aromatic rings.